The predicted octanol–water partition coefficient (Wildman–Crippen LogP) is 4.52. The number of carbonyl (C=O) groups is 1. The maximum Gasteiger partial charge on any atom is 0.227 e. The van der Waals surface area contributed by atoms with Gasteiger partial charge in [0.05, 0.1) is 18.6 Å². The number of carbonyl (C=O) groups excluding carboxylic acids is 1. The predicted molar refractivity (Wildman–Crippen MR) is 119 cm³/mol. The van der Waals surface area contributed by atoms with Crippen LogP contribution >= 0.6 is 0 Å². The number of rotatable bonds is 8. The number of likely N-dealkylation sites (N-methyl/N-ethyl adjacent to an activating group) is 1. The number of ether oxygens (including phenoxy) is 2. The Kier molecular flexibility index (Phi) is 6.46. The molecule has 2 aliphatic rings. The van der Waals surface area contributed by atoms with E-state index >= 15 is 0 Å². The molecule has 1 amide bonds. The summed E-state index contributed by atoms with van der Waals surface area (Å²) in [6.45, 7) is 6.38. The zero-order valence-corrected chi connectivity index (χ0v) is 18.0. The lowest BCUT2D eigenvalue weighted by Gasteiger charge is -2.26. The van der Waals surface area contributed by atoms with Crippen molar-refractivity contribution in [3.8, 4) is 11.5 Å². The molecule has 5 heteroatoms. The Morgan fingerprint density at radius 3 is 2.23 bits per heavy atom. The van der Waals surface area contributed by atoms with Crippen LogP contribution in [0.3, 0.4) is 0 Å². The number of hydrogen-bond acceptors (Lipinski definition) is 4. The van der Waals surface area contributed by atoms with E-state index < -0.39 is 0 Å². The van der Waals surface area contributed by atoms with Gasteiger partial charge >= 0.3 is 0 Å². The first kappa shape index (κ1) is 20.6. The Morgan fingerprint density at radius 1 is 1.00 bits per heavy atom. The van der Waals surface area contributed by atoms with Crippen molar-refractivity contribution in [1.29, 1.82) is 0 Å². The van der Waals surface area contributed by atoms with E-state index in [0.29, 0.717) is 12.6 Å². The highest BCUT2D eigenvalue weighted by Crippen LogP contribution is 2.29. The zero-order chi connectivity index (χ0) is 20.9. The maximum atomic E-state index is 12.0. The summed E-state index contributed by atoms with van der Waals surface area (Å²) in [6.07, 6.45) is 5.22. The molecule has 30 heavy (non-hydrogen) atoms. The van der Waals surface area contributed by atoms with Gasteiger partial charge in [0.25, 0.3) is 0 Å². The van der Waals surface area contributed by atoms with Gasteiger partial charge in [-0.2, -0.15) is 0 Å². The summed E-state index contributed by atoms with van der Waals surface area (Å²) < 4.78 is 12.2. The molecular weight excluding hydrogens is 376 g/mol. The molecule has 1 unspecified atom stereocenters. The number of nitrogens with zero attached hydrogens (tertiary/aromatic N) is 1. The molecule has 2 aromatic rings. The second-order valence-corrected chi connectivity index (χ2v) is 8.32. The summed E-state index contributed by atoms with van der Waals surface area (Å²) in [6, 6.07) is 16.4. The van der Waals surface area contributed by atoms with Gasteiger partial charge in [0.15, 0.2) is 0 Å². The van der Waals surface area contributed by atoms with E-state index in [1.54, 1.807) is 0 Å². The summed E-state index contributed by atoms with van der Waals surface area (Å²) in [5.74, 6) is 1.73. The van der Waals surface area contributed by atoms with Crippen molar-refractivity contribution in [2.45, 2.75) is 57.7 Å². The third kappa shape index (κ3) is 4.89. The molecule has 1 saturated heterocycles. The van der Waals surface area contributed by atoms with Crippen LogP contribution in [0.4, 0.5) is 5.69 Å². The van der Waals surface area contributed by atoms with Crippen molar-refractivity contribution in [3.05, 3.63) is 54.1 Å². The zero-order valence-electron chi connectivity index (χ0n) is 18.0. The van der Waals surface area contributed by atoms with Crippen LogP contribution in [0.25, 0.3) is 0 Å². The SMILES string of the molecule is CCNC(=O)C(C)c1ccc(O[C@@H]2CCN(c3ccc(OC4CCC4)cc3)C2)cc1. The average molecular weight is 409 g/mol. The fraction of sp³-hybridized carbons (Fsp3) is 0.480. The van der Waals surface area contributed by atoms with E-state index in [1.165, 1.54) is 24.9 Å². The lowest BCUT2D eigenvalue weighted by Crippen LogP contribution is -2.27. The first-order valence-electron chi connectivity index (χ1n) is 11.2. The minimum Gasteiger partial charge on any atom is -0.490 e. The molecule has 1 aliphatic carbocycles. The fourth-order valence-corrected chi connectivity index (χ4v) is 3.98. The molecule has 0 aromatic heterocycles. The van der Waals surface area contributed by atoms with Gasteiger partial charge in [0.1, 0.15) is 17.6 Å². The largest absolute Gasteiger partial charge is 0.490 e. The van der Waals surface area contributed by atoms with Crippen LogP contribution in [0.15, 0.2) is 48.5 Å². The molecule has 1 saturated carbocycles. The lowest BCUT2D eigenvalue weighted by atomic mass is 9.96. The molecule has 0 spiro atoms. The van der Waals surface area contributed by atoms with Gasteiger partial charge in [-0.25, -0.2) is 0 Å². The Hall–Kier alpha value is -2.69. The van der Waals surface area contributed by atoms with E-state index in [0.717, 1.165) is 36.6 Å². The Balaban J connectivity index is 1.28. The lowest BCUT2D eigenvalue weighted by molar-refractivity contribution is -0.122. The molecule has 1 aliphatic heterocycles. The summed E-state index contributed by atoms with van der Waals surface area (Å²) in [5, 5.41) is 2.87. The summed E-state index contributed by atoms with van der Waals surface area (Å²) in [5.41, 5.74) is 2.22. The molecule has 5 nitrogen and oxygen atoms in total. The topological polar surface area (TPSA) is 50.8 Å². The van der Waals surface area contributed by atoms with Crippen molar-refractivity contribution in [3.63, 3.8) is 0 Å². The van der Waals surface area contributed by atoms with Gasteiger partial charge in [-0.15, -0.1) is 0 Å². The van der Waals surface area contributed by atoms with E-state index in [9.17, 15) is 4.79 Å². The van der Waals surface area contributed by atoms with Crippen molar-refractivity contribution in [1.82, 2.24) is 5.32 Å². The molecule has 2 fully saturated rings. The maximum absolute atomic E-state index is 12.0. The Bertz CT molecular complexity index is 830. The van der Waals surface area contributed by atoms with Gasteiger partial charge in [-0.1, -0.05) is 12.1 Å². The minimum atomic E-state index is -0.155. The van der Waals surface area contributed by atoms with E-state index in [4.69, 9.17) is 9.47 Å². The monoisotopic (exact) mass is 408 g/mol. The number of benzene rings is 2. The molecular formula is C25H32N2O3. The second kappa shape index (κ2) is 9.41. The van der Waals surface area contributed by atoms with Crippen molar-refractivity contribution in [2.75, 3.05) is 24.5 Å². The van der Waals surface area contributed by atoms with E-state index in [1.807, 2.05) is 38.1 Å². The highest BCUT2D eigenvalue weighted by Gasteiger charge is 2.25. The summed E-state index contributed by atoms with van der Waals surface area (Å²) in [4.78, 5) is 14.4. The van der Waals surface area contributed by atoms with Crippen LogP contribution in [0, 0.1) is 0 Å². The van der Waals surface area contributed by atoms with Crippen LogP contribution in [0.1, 0.15) is 51.0 Å². The quantitative estimate of drug-likeness (QED) is 0.698. The number of amides is 1. The number of anilines is 1. The highest BCUT2D eigenvalue weighted by atomic mass is 16.5. The third-order valence-electron chi connectivity index (χ3n) is 6.13. The van der Waals surface area contributed by atoms with E-state index in [2.05, 4.69) is 34.5 Å². The van der Waals surface area contributed by atoms with Crippen LogP contribution in [0.5, 0.6) is 11.5 Å². The molecule has 1 heterocycles. The van der Waals surface area contributed by atoms with Crippen molar-refractivity contribution < 1.29 is 14.3 Å². The van der Waals surface area contributed by atoms with Gasteiger partial charge in [-0.3, -0.25) is 4.79 Å². The van der Waals surface area contributed by atoms with Crippen LogP contribution in [0.2, 0.25) is 0 Å². The molecule has 4 rings (SSSR count). The first-order chi connectivity index (χ1) is 14.6. The normalized spacial score (nSPS) is 19.8. The molecule has 2 atom stereocenters. The molecule has 2 aromatic carbocycles. The van der Waals surface area contributed by atoms with Gasteiger partial charge in [-0.05, 0) is 75.1 Å². The smallest absolute Gasteiger partial charge is 0.227 e. The Labute approximate surface area is 179 Å². The molecule has 0 bridgehead atoms. The van der Waals surface area contributed by atoms with Gasteiger partial charge in [0.2, 0.25) is 5.91 Å². The molecule has 1 N–H and O–H groups in total. The minimum absolute atomic E-state index is 0.0571. The summed E-state index contributed by atoms with van der Waals surface area (Å²) in [7, 11) is 0. The second-order valence-electron chi connectivity index (χ2n) is 8.32. The van der Waals surface area contributed by atoms with Crippen LogP contribution in [-0.2, 0) is 4.79 Å². The Morgan fingerprint density at radius 2 is 1.63 bits per heavy atom. The molecule has 160 valence electrons. The third-order valence-corrected chi connectivity index (χ3v) is 6.13. The van der Waals surface area contributed by atoms with Crippen LogP contribution < -0.4 is 19.7 Å². The van der Waals surface area contributed by atoms with Gasteiger partial charge in [0, 0.05) is 25.2 Å². The van der Waals surface area contributed by atoms with E-state index in [-0.39, 0.29) is 17.9 Å². The summed E-state index contributed by atoms with van der Waals surface area (Å²) >= 11 is 0. The first-order valence-corrected chi connectivity index (χ1v) is 11.2. The van der Waals surface area contributed by atoms with Crippen molar-refractivity contribution >= 4 is 11.6 Å². The standard InChI is InChI=1S/C25H32N2O3/c1-3-26-25(28)18(2)19-7-11-22(12-8-19)30-24-15-16-27(17-24)20-9-13-23(14-10-20)29-21-5-4-6-21/h7-14,18,21,24H,3-6,15-17H2,1-2H3,(H,26,28)/t18?,24-/m1/s1. The van der Waals surface area contributed by atoms with Gasteiger partial charge < -0.3 is 19.7 Å². The number of nitrogens with one attached hydrogen (secondary N) is 1. The van der Waals surface area contributed by atoms with Crippen molar-refractivity contribution in [2.24, 2.45) is 0 Å². The molecule has 0 radical (unpaired) electrons. The number of hydrogen-bond donors (Lipinski definition) is 1. The highest BCUT2D eigenvalue weighted by molar-refractivity contribution is 5.83. The average Bonchev–Trinajstić information content (AvgIpc) is 3.20. The fourth-order valence-electron chi connectivity index (χ4n) is 3.98. The van der Waals surface area contributed by atoms with Crippen LogP contribution in [-0.4, -0.2) is 37.7 Å².